The van der Waals surface area contributed by atoms with Crippen molar-refractivity contribution in [2.45, 2.75) is 38.8 Å². The van der Waals surface area contributed by atoms with E-state index >= 15 is 0 Å². The van der Waals surface area contributed by atoms with Crippen LogP contribution in [0.25, 0.3) is 11.1 Å². The maximum absolute atomic E-state index is 13.7. The molecule has 2 aromatic carbocycles. The van der Waals surface area contributed by atoms with Gasteiger partial charge in [-0.05, 0) is 61.6 Å². The normalized spacial score (nSPS) is 18.4. The van der Waals surface area contributed by atoms with Crippen molar-refractivity contribution in [1.82, 2.24) is 14.9 Å². The van der Waals surface area contributed by atoms with E-state index in [1.54, 1.807) is 6.20 Å². The lowest BCUT2D eigenvalue weighted by Crippen LogP contribution is -2.44. The molecule has 1 amide bonds. The molecule has 0 spiro atoms. The first-order valence-corrected chi connectivity index (χ1v) is 10.7. The molecule has 1 aliphatic heterocycles. The summed E-state index contributed by atoms with van der Waals surface area (Å²) in [6.45, 7) is 4.84. The van der Waals surface area contributed by atoms with Gasteiger partial charge in [0.15, 0.2) is 0 Å². The minimum atomic E-state index is -0.615. The van der Waals surface area contributed by atoms with Gasteiger partial charge in [-0.25, -0.2) is 13.8 Å². The first-order chi connectivity index (χ1) is 15.4. The highest BCUT2D eigenvalue weighted by Crippen LogP contribution is 2.33. The summed E-state index contributed by atoms with van der Waals surface area (Å²) in [4.78, 5) is 23.3. The monoisotopic (exact) mass is 437 g/mol. The molecular formula is C25H25F2N3O2. The number of benzene rings is 2. The van der Waals surface area contributed by atoms with Crippen molar-refractivity contribution in [2.75, 3.05) is 13.2 Å². The van der Waals surface area contributed by atoms with Gasteiger partial charge in [-0.1, -0.05) is 18.2 Å². The average molecular weight is 437 g/mol. The number of carbonyl (C=O) groups is 1. The van der Waals surface area contributed by atoms with Crippen LogP contribution in [0, 0.1) is 18.6 Å². The predicted octanol–water partition coefficient (Wildman–Crippen LogP) is 5.11. The Balaban J connectivity index is 1.54. The summed E-state index contributed by atoms with van der Waals surface area (Å²) >= 11 is 0. The number of hydrogen-bond donors (Lipinski definition) is 0. The molecule has 1 fully saturated rings. The van der Waals surface area contributed by atoms with Crippen molar-refractivity contribution in [1.29, 1.82) is 0 Å². The maximum atomic E-state index is 13.7. The van der Waals surface area contributed by atoms with Crippen LogP contribution >= 0.6 is 0 Å². The summed E-state index contributed by atoms with van der Waals surface area (Å²) in [6.07, 6.45) is 4.23. The number of nitrogens with zero attached hydrogens (tertiary/aromatic N) is 3. The number of rotatable bonds is 5. The molecule has 0 bridgehead atoms. The number of ether oxygens (including phenoxy) is 1. The highest BCUT2D eigenvalue weighted by molar-refractivity contribution is 5.92. The topological polar surface area (TPSA) is 55.3 Å². The Morgan fingerprint density at radius 3 is 2.56 bits per heavy atom. The fourth-order valence-corrected chi connectivity index (χ4v) is 4.15. The zero-order valence-corrected chi connectivity index (χ0v) is 18.1. The van der Waals surface area contributed by atoms with Gasteiger partial charge in [-0.3, -0.25) is 9.78 Å². The zero-order chi connectivity index (χ0) is 22.7. The number of hydrogen-bond acceptors (Lipinski definition) is 4. The van der Waals surface area contributed by atoms with Gasteiger partial charge in [0.2, 0.25) is 0 Å². The van der Waals surface area contributed by atoms with Crippen LogP contribution in [0.15, 0.2) is 54.9 Å². The number of aromatic nitrogens is 2. The molecule has 32 heavy (non-hydrogen) atoms. The van der Waals surface area contributed by atoms with Crippen LogP contribution in [0.1, 0.15) is 47.6 Å². The standard InChI is InChI=1S/C25H25F2N3O2/c1-3-30(25(31)23-15-28-16(2)14-29-23)22-7-8-32-24(13-22)18-6-4-5-17(9-18)19-10-20(26)12-21(27)11-19/h4-6,9-12,14-15,22,24H,3,7-8,13H2,1-2H3/t22-,24+/m0/s1. The van der Waals surface area contributed by atoms with Crippen molar-refractivity contribution < 1.29 is 18.3 Å². The van der Waals surface area contributed by atoms with Crippen molar-refractivity contribution in [3.8, 4) is 11.1 Å². The van der Waals surface area contributed by atoms with E-state index in [0.717, 1.165) is 23.7 Å². The Hall–Kier alpha value is -3.19. The molecule has 0 radical (unpaired) electrons. The largest absolute Gasteiger partial charge is 0.373 e. The van der Waals surface area contributed by atoms with Crippen LogP contribution in [0.5, 0.6) is 0 Å². The lowest BCUT2D eigenvalue weighted by atomic mass is 9.93. The average Bonchev–Trinajstić information content (AvgIpc) is 2.80. The summed E-state index contributed by atoms with van der Waals surface area (Å²) in [5.41, 5.74) is 3.19. The van der Waals surface area contributed by atoms with E-state index in [1.165, 1.54) is 18.3 Å². The van der Waals surface area contributed by atoms with E-state index in [2.05, 4.69) is 9.97 Å². The third-order valence-electron chi connectivity index (χ3n) is 5.75. The summed E-state index contributed by atoms with van der Waals surface area (Å²) in [6, 6.07) is 11.0. The minimum absolute atomic E-state index is 0.00961. The maximum Gasteiger partial charge on any atom is 0.274 e. The van der Waals surface area contributed by atoms with Crippen LogP contribution < -0.4 is 0 Å². The number of aryl methyl sites for hydroxylation is 1. The smallest absolute Gasteiger partial charge is 0.274 e. The van der Waals surface area contributed by atoms with E-state index in [4.69, 9.17) is 4.74 Å². The predicted molar refractivity (Wildman–Crippen MR) is 117 cm³/mol. The zero-order valence-electron chi connectivity index (χ0n) is 18.1. The molecule has 3 aromatic rings. The Kier molecular flexibility index (Phi) is 6.55. The van der Waals surface area contributed by atoms with Gasteiger partial charge in [0, 0.05) is 31.5 Å². The third-order valence-corrected chi connectivity index (χ3v) is 5.75. The molecule has 7 heteroatoms. The molecule has 0 saturated carbocycles. The van der Waals surface area contributed by atoms with Crippen molar-refractivity contribution in [3.05, 3.63) is 83.4 Å². The number of amides is 1. The molecule has 1 aromatic heterocycles. The lowest BCUT2D eigenvalue weighted by molar-refractivity contribution is -0.0232. The van der Waals surface area contributed by atoms with Gasteiger partial charge in [0.1, 0.15) is 17.3 Å². The molecular weight excluding hydrogens is 412 g/mol. The molecule has 0 aliphatic carbocycles. The first-order valence-electron chi connectivity index (χ1n) is 10.7. The van der Waals surface area contributed by atoms with Gasteiger partial charge >= 0.3 is 0 Å². The number of carbonyl (C=O) groups excluding carboxylic acids is 1. The summed E-state index contributed by atoms with van der Waals surface area (Å²) in [7, 11) is 0. The molecule has 0 unspecified atom stereocenters. The van der Waals surface area contributed by atoms with E-state index in [0.29, 0.717) is 36.4 Å². The van der Waals surface area contributed by atoms with E-state index < -0.39 is 11.6 Å². The van der Waals surface area contributed by atoms with Gasteiger partial charge in [-0.2, -0.15) is 0 Å². The van der Waals surface area contributed by atoms with E-state index in [-0.39, 0.29) is 18.1 Å². The van der Waals surface area contributed by atoms with Gasteiger partial charge in [-0.15, -0.1) is 0 Å². The second-order valence-electron chi connectivity index (χ2n) is 7.96. The molecule has 5 nitrogen and oxygen atoms in total. The quantitative estimate of drug-likeness (QED) is 0.557. The van der Waals surface area contributed by atoms with Crippen LogP contribution in [-0.4, -0.2) is 40.0 Å². The molecule has 166 valence electrons. The van der Waals surface area contributed by atoms with Crippen molar-refractivity contribution >= 4 is 5.91 Å². The van der Waals surface area contributed by atoms with Crippen LogP contribution in [0.4, 0.5) is 8.78 Å². The van der Waals surface area contributed by atoms with Gasteiger partial charge in [0.05, 0.1) is 18.0 Å². The second-order valence-corrected chi connectivity index (χ2v) is 7.96. The SMILES string of the molecule is CCN(C(=O)c1cnc(C)cn1)[C@H]1CCO[C@@H](c2cccc(-c3cc(F)cc(F)c3)c2)C1. The summed E-state index contributed by atoms with van der Waals surface area (Å²) < 4.78 is 33.4. The Morgan fingerprint density at radius 1 is 1.09 bits per heavy atom. The molecule has 0 N–H and O–H groups in total. The third kappa shape index (κ3) is 4.83. The Morgan fingerprint density at radius 2 is 1.88 bits per heavy atom. The van der Waals surface area contributed by atoms with Crippen LogP contribution in [-0.2, 0) is 4.74 Å². The molecule has 1 saturated heterocycles. The van der Waals surface area contributed by atoms with Gasteiger partial charge < -0.3 is 9.64 Å². The lowest BCUT2D eigenvalue weighted by Gasteiger charge is -2.37. The van der Waals surface area contributed by atoms with Gasteiger partial charge in [0.25, 0.3) is 5.91 Å². The van der Waals surface area contributed by atoms with E-state index in [9.17, 15) is 13.6 Å². The Labute approximate surface area is 186 Å². The molecule has 1 aliphatic rings. The highest BCUT2D eigenvalue weighted by Gasteiger charge is 2.31. The molecule has 2 atom stereocenters. The Bertz CT molecular complexity index is 1080. The molecule has 2 heterocycles. The van der Waals surface area contributed by atoms with E-state index in [1.807, 2.05) is 43.0 Å². The van der Waals surface area contributed by atoms with Crippen molar-refractivity contribution in [3.63, 3.8) is 0 Å². The number of halogens is 2. The highest BCUT2D eigenvalue weighted by atomic mass is 19.1. The van der Waals surface area contributed by atoms with Crippen LogP contribution in [0.2, 0.25) is 0 Å². The van der Waals surface area contributed by atoms with Crippen LogP contribution in [0.3, 0.4) is 0 Å². The fourth-order valence-electron chi connectivity index (χ4n) is 4.15. The summed E-state index contributed by atoms with van der Waals surface area (Å²) in [5, 5.41) is 0. The minimum Gasteiger partial charge on any atom is -0.373 e. The van der Waals surface area contributed by atoms with Crippen molar-refractivity contribution in [2.24, 2.45) is 0 Å². The molecule has 4 rings (SSSR count). The first kappa shape index (κ1) is 22.0. The second kappa shape index (κ2) is 9.53. The summed E-state index contributed by atoms with van der Waals surface area (Å²) in [5.74, 6) is -1.37. The fraction of sp³-hybridized carbons (Fsp3) is 0.320.